The summed E-state index contributed by atoms with van der Waals surface area (Å²) in [6.45, 7) is 4.44. The summed E-state index contributed by atoms with van der Waals surface area (Å²) in [4.78, 5) is 38.0. The molecule has 2 amide bonds. The van der Waals surface area contributed by atoms with Gasteiger partial charge < -0.3 is 19.7 Å². The molecule has 1 aromatic carbocycles. The molecule has 148 valence electrons. The monoisotopic (exact) mass is 384 g/mol. The van der Waals surface area contributed by atoms with Gasteiger partial charge in [0.15, 0.2) is 6.61 Å². The Balaban J connectivity index is 1.98. The third-order valence-electron chi connectivity index (χ3n) is 4.10. The normalized spacial score (nSPS) is 15.4. The molecule has 0 saturated carbocycles. The van der Waals surface area contributed by atoms with E-state index in [1.54, 1.807) is 13.8 Å². The second kappa shape index (κ2) is 9.40. The number of halogens is 2. The number of nitrogens with zero attached hydrogens (tertiary/aromatic N) is 1. The van der Waals surface area contributed by atoms with Crippen LogP contribution in [0, 0.1) is 17.6 Å². The first-order valence-electron chi connectivity index (χ1n) is 8.58. The van der Waals surface area contributed by atoms with E-state index in [1.165, 1.54) is 4.90 Å². The lowest BCUT2D eigenvalue weighted by atomic mass is 10.0. The predicted octanol–water partition coefficient (Wildman–Crippen LogP) is 1.12. The zero-order valence-electron chi connectivity index (χ0n) is 15.2. The Morgan fingerprint density at radius 3 is 2.33 bits per heavy atom. The van der Waals surface area contributed by atoms with Gasteiger partial charge in [0.2, 0.25) is 0 Å². The molecule has 1 atom stereocenters. The number of esters is 1. The molecule has 1 saturated heterocycles. The molecule has 9 heteroatoms. The minimum absolute atomic E-state index is 0.374. The Labute approximate surface area is 155 Å². The lowest BCUT2D eigenvalue weighted by molar-refractivity contribution is -0.155. The van der Waals surface area contributed by atoms with Gasteiger partial charge in [-0.25, -0.2) is 13.6 Å². The van der Waals surface area contributed by atoms with Crippen LogP contribution in [-0.2, 0) is 19.1 Å². The number of nitrogens with one attached hydrogen (secondary N) is 1. The fourth-order valence-electron chi connectivity index (χ4n) is 2.55. The van der Waals surface area contributed by atoms with Crippen LogP contribution in [0.1, 0.15) is 24.2 Å². The average Bonchev–Trinajstić information content (AvgIpc) is 2.64. The number of rotatable bonds is 6. The summed E-state index contributed by atoms with van der Waals surface area (Å²) in [6.07, 6.45) is 0. The topological polar surface area (TPSA) is 84.9 Å². The van der Waals surface area contributed by atoms with Crippen LogP contribution in [0.3, 0.4) is 0 Å². The largest absolute Gasteiger partial charge is 0.454 e. The fraction of sp³-hybridized carbons (Fsp3) is 0.500. The number of ether oxygens (including phenoxy) is 2. The number of hydrogen-bond acceptors (Lipinski definition) is 5. The number of carbonyl (C=O) groups is 3. The quantitative estimate of drug-likeness (QED) is 0.743. The van der Waals surface area contributed by atoms with Crippen LogP contribution in [0.5, 0.6) is 0 Å². The van der Waals surface area contributed by atoms with Crippen LogP contribution in [0.25, 0.3) is 0 Å². The van der Waals surface area contributed by atoms with Crippen molar-refractivity contribution < 1.29 is 32.6 Å². The Hall–Kier alpha value is -2.55. The molecule has 0 bridgehead atoms. The van der Waals surface area contributed by atoms with Crippen LogP contribution in [0.4, 0.5) is 8.78 Å². The summed E-state index contributed by atoms with van der Waals surface area (Å²) in [5.41, 5.74) is -0.777. The van der Waals surface area contributed by atoms with Gasteiger partial charge in [-0.3, -0.25) is 9.59 Å². The van der Waals surface area contributed by atoms with Crippen molar-refractivity contribution in [1.29, 1.82) is 0 Å². The zero-order chi connectivity index (χ0) is 20.0. The molecular weight excluding hydrogens is 362 g/mol. The van der Waals surface area contributed by atoms with Gasteiger partial charge in [-0.15, -0.1) is 0 Å². The molecule has 0 radical (unpaired) electrons. The van der Waals surface area contributed by atoms with E-state index in [2.05, 4.69) is 5.32 Å². The highest BCUT2D eigenvalue weighted by Gasteiger charge is 2.29. The maximum absolute atomic E-state index is 13.7. The molecule has 7 nitrogen and oxygen atoms in total. The van der Waals surface area contributed by atoms with E-state index in [9.17, 15) is 23.2 Å². The molecule has 0 aliphatic carbocycles. The van der Waals surface area contributed by atoms with E-state index in [4.69, 9.17) is 9.47 Å². The lowest BCUT2D eigenvalue weighted by Crippen LogP contribution is -2.47. The minimum atomic E-state index is -1.16. The summed E-state index contributed by atoms with van der Waals surface area (Å²) in [5.74, 6) is -4.79. The maximum Gasteiger partial charge on any atom is 0.329 e. The van der Waals surface area contributed by atoms with Crippen LogP contribution in [0.2, 0.25) is 0 Å². The standard InChI is InChI=1S/C18H22F2N2O5/c1-11(2)16(21-17(24)15-12(19)4-3-5-13(15)20)18(25)27-10-14(23)22-6-8-26-9-7-22/h3-5,11,16H,6-10H2,1-2H3,(H,21,24)/t16-/m0/s1. The molecule has 27 heavy (non-hydrogen) atoms. The third-order valence-corrected chi connectivity index (χ3v) is 4.10. The SMILES string of the molecule is CC(C)[C@H](NC(=O)c1c(F)cccc1F)C(=O)OCC(=O)N1CCOCC1. The molecule has 1 aliphatic rings. The fourth-order valence-corrected chi connectivity index (χ4v) is 2.55. The van der Waals surface area contributed by atoms with E-state index in [1.807, 2.05) is 0 Å². The van der Waals surface area contributed by atoms with Gasteiger partial charge >= 0.3 is 5.97 Å². The van der Waals surface area contributed by atoms with Crippen molar-refractivity contribution in [2.75, 3.05) is 32.9 Å². The second-order valence-electron chi connectivity index (χ2n) is 6.39. The van der Waals surface area contributed by atoms with Gasteiger partial charge in [0.25, 0.3) is 11.8 Å². The van der Waals surface area contributed by atoms with E-state index in [0.29, 0.717) is 26.3 Å². The number of morpholine rings is 1. The summed E-state index contributed by atoms with van der Waals surface area (Å²) < 4.78 is 37.6. The molecule has 0 aromatic heterocycles. The predicted molar refractivity (Wildman–Crippen MR) is 90.8 cm³/mol. The lowest BCUT2D eigenvalue weighted by Gasteiger charge is -2.27. The molecule has 2 rings (SSSR count). The average molecular weight is 384 g/mol. The van der Waals surface area contributed by atoms with Crippen LogP contribution < -0.4 is 5.32 Å². The first-order valence-corrected chi connectivity index (χ1v) is 8.58. The zero-order valence-corrected chi connectivity index (χ0v) is 15.2. The van der Waals surface area contributed by atoms with Gasteiger partial charge in [-0.2, -0.15) is 0 Å². The van der Waals surface area contributed by atoms with E-state index in [-0.39, 0.29) is 5.91 Å². The molecule has 1 heterocycles. The van der Waals surface area contributed by atoms with Crippen molar-refractivity contribution in [3.05, 3.63) is 35.4 Å². The summed E-state index contributed by atoms with van der Waals surface area (Å²) in [7, 11) is 0. The Kier molecular flexibility index (Phi) is 7.23. The van der Waals surface area contributed by atoms with E-state index in [0.717, 1.165) is 18.2 Å². The highest BCUT2D eigenvalue weighted by molar-refractivity contribution is 5.97. The van der Waals surface area contributed by atoms with Crippen molar-refractivity contribution in [1.82, 2.24) is 10.2 Å². The second-order valence-corrected chi connectivity index (χ2v) is 6.39. The third kappa shape index (κ3) is 5.46. The van der Waals surface area contributed by atoms with Crippen LogP contribution in [-0.4, -0.2) is 61.6 Å². The maximum atomic E-state index is 13.7. The molecule has 1 aromatic rings. The van der Waals surface area contributed by atoms with Gasteiger partial charge in [-0.05, 0) is 18.1 Å². The highest BCUT2D eigenvalue weighted by Crippen LogP contribution is 2.13. The highest BCUT2D eigenvalue weighted by atomic mass is 19.1. The van der Waals surface area contributed by atoms with Crippen molar-refractivity contribution in [2.45, 2.75) is 19.9 Å². The molecule has 1 N–H and O–H groups in total. The number of benzene rings is 1. The Bertz CT molecular complexity index is 685. The van der Waals surface area contributed by atoms with Gasteiger partial charge in [-0.1, -0.05) is 19.9 Å². The van der Waals surface area contributed by atoms with Gasteiger partial charge in [0, 0.05) is 13.1 Å². The first-order chi connectivity index (χ1) is 12.8. The molecule has 1 aliphatic heterocycles. The number of amides is 2. The van der Waals surface area contributed by atoms with Crippen LogP contribution >= 0.6 is 0 Å². The molecule has 1 fully saturated rings. The van der Waals surface area contributed by atoms with Gasteiger partial charge in [0.1, 0.15) is 23.2 Å². The Morgan fingerprint density at radius 1 is 1.19 bits per heavy atom. The molecule has 0 unspecified atom stereocenters. The van der Waals surface area contributed by atoms with E-state index < -0.39 is 47.6 Å². The first kappa shape index (κ1) is 20.8. The summed E-state index contributed by atoms with van der Waals surface area (Å²) in [6, 6.07) is 1.87. The van der Waals surface area contributed by atoms with Crippen molar-refractivity contribution in [3.63, 3.8) is 0 Å². The summed E-state index contributed by atoms with van der Waals surface area (Å²) >= 11 is 0. The Morgan fingerprint density at radius 2 is 1.78 bits per heavy atom. The smallest absolute Gasteiger partial charge is 0.329 e. The molecule has 0 spiro atoms. The minimum Gasteiger partial charge on any atom is -0.454 e. The van der Waals surface area contributed by atoms with Crippen molar-refractivity contribution in [2.24, 2.45) is 5.92 Å². The van der Waals surface area contributed by atoms with Gasteiger partial charge in [0.05, 0.1) is 13.2 Å². The summed E-state index contributed by atoms with van der Waals surface area (Å²) in [5, 5.41) is 2.28. The van der Waals surface area contributed by atoms with E-state index >= 15 is 0 Å². The van der Waals surface area contributed by atoms with Crippen molar-refractivity contribution >= 4 is 17.8 Å². The number of carbonyl (C=O) groups excluding carboxylic acids is 3. The van der Waals surface area contributed by atoms with Crippen molar-refractivity contribution in [3.8, 4) is 0 Å². The molecular formula is C18H22F2N2O5. The number of hydrogen-bond donors (Lipinski definition) is 1. The van der Waals surface area contributed by atoms with Crippen LogP contribution in [0.15, 0.2) is 18.2 Å².